The van der Waals surface area contributed by atoms with Crippen LogP contribution in [-0.2, 0) is 6.54 Å². The van der Waals surface area contributed by atoms with Crippen molar-refractivity contribution < 1.29 is 0 Å². The summed E-state index contributed by atoms with van der Waals surface area (Å²) in [6, 6.07) is 5.99. The van der Waals surface area contributed by atoms with Crippen molar-refractivity contribution >= 4 is 11.6 Å². The number of hydrogen-bond acceptors (Lipinski definition) is 4. The maximum atomic E-state index is 4.18. The molecule has 0 aliphatic heterocycles. The predicted molar refractivity (Wildman–Crippen MR) is 69.3 cm³/mol. The largest absolute Gasteiger partial charge is 0.368 e. The van der Waals surface area contributed by atoms with Gasteiger partial charge >= 0.3 is 0 Å². The molecule has 17 heavy (non-hydrogen) atoms. The third kappa shape index (κ3) is 3.21. The molecule has 0 saturated heterocycles. The average Bonchev–Trinajstić information content (AvgIpc) is 2.82. The van der Waals surface area contributed by atoms with Crippen molar-refractivity contribution in [3.63, 3.8) is 0 Å². The van der Waals surface area contributed by atoms with E-state index >= 15 is 0 Å². The van der Waals surface area contributed by atoms with Gasteiger partial charge in [-0.05, 0) is 12.1 Å². The lowest BCUT2D eigenvalue weighted by atomic mass is 10.5. The Morgan fingerprint density at radius 2 is 2.00 bits per heavy atom. The topological polar surface area (TPSA) is 46.0 Å². The second-order valence-electron chi connectivity index (χ2n) is 4.00. The molecule has 5 heteroatoms. The highest BCUT2D eigenvalue weighted by atomic mass is 15.2. The summed E-state index contributed by atoms with van der Waals surface area (Å²) in [7, 11) is 3.93. The summed E-state index contributed by atoms with van der Waals surface area (Å²) in [6.45, 7) is 1.77. The number of hydrogen-bond donors (Lipinski definition) is 1. The van der Waals surface area contributed by atoms with Crippen molar-refractivity contribution in [3.05, 3.63) is 36.9 Å². The summed E-state index contributed by atoms with van der Waals surface area (Å²) < 4.78 is 2.13. The van der Waals surface area contributed by atoms with Gasteiger partial charge in [0.15, 0.2) is 0 Å². The molecular weight excluding hydrogens is 214 g/mol. The summed E-state index contributed by atoms with van der Waals surface area (Å²) in [5, 5.41) is 3.28. The van der Waals surface area contributed by atoms with E-state index in [0.29, 0.717) is 0 Å². The molecule has 0 bridgehead atoms. The summed E-state index contributed by atoms with van der Waals surface area (Å²) in [6.07, 6.45) is 5.67. The highest BCUT2D eigenvalue weighted by Gasteiger charge is 1.99. The second-order valence-corrected chi connectivity index (χ2v) is 4.00. The molecule has 2 aromatic rings. The summed E-state index contributed by atoms with van der Waals surface area (Å²) in [5.41, 5.74) is 0. The average molecular weight is 231 g/mol. The van der Waals surface area contributed by atoms with Crippen molar-refractivity contribution in [1.29, 1.82) is 0 Å². The Balaban J connectivity index is 1.88. The summed E-state index contributed by atoms with van der Waals surface area (Å²) in [5.74, 6) is 1.76. The first-order valence-electron chi connectivity index (χ1n) is 5.60. The van der Waals surface area contributed by atoms with Gasteiger partial charge < -0.3 is 14.8 Å². The van der Waals surface area contributed by atoms with E-state index < -0.39 is 0 Å². The first-order chi connectivity index (χ1) is 8.25. The van der Waals surface area contributed by atoms with Gasteiger partial charge in [-0.15, -0.1) is 0 Å². The predicted octanol–water partition coefficient (Wildman–Crippen LogP) is 1.46. The number of anilines is 2. The standard InChI is InChI=1S/C12H17N5/c1-16(2)12-9-11(14-10-15-12)13-5-8-17-6-3-4-7-17/h3-4,6-7,9-10H,5,8H2,1-2H3,(H,13,14,15). The van der Waals surface area contributed by atoms with E-state index in [1.165, 1.54) is 0 Å². The highest BCUT2D eigenvalue weighted by Crippen LogP contribution is 2.10. The molecule has 0 aromatic carbocycles. The van der Waals surface area contributed by atoms with Gasteiger partial charge in [0, 0.05) is 45.6 Å². The Bertz CT molecular complexity index is 450. The van der Waals surface area contributed by atoms with Crippen LogP contribution in [0.3, 0.4) is 0 Å². The Labute approximate surface area is 101 Å². The van der Waals surface area contributed by atoms with Gasteiger partial charge in [-0.1, -0.05) is 0 Å². The van der Waals surface area contributed by atoms with E-state index in [4.69, 9.17) is 0 Å². The molecule has 2 heterocycles. The molecule has 0 aliphatic carbocycles. The molecule has 0 radical (unpaired) electrons. The van der Waals surface area contributed by atoms with E-state index in [9.17, 15) is 0 Å². The lowest BCUT2D eigenvalue weighted by Crippen LogP contribution is -2.13. The molecular formula is C12H17N5. The van der Waals surface area contributed by atoms with Gasteiger partial charge in [-0.2, -0.15) is 0 Å². The van der Waals surface area contributed by atoms with E-state index in [1.54, 1.807) is 6.33 Å². The number of nitrogens with zero attached hydrogens (tertiary/aromatic N) is 4. The van der Waals surface area contributed by atoms with E-state index in [2.05, 4.69) is 19.9 Å². The monoisotopic (exact) mass is 231 g/mol. The van der Waals surface area contributed by atoms with E-state index in [0.717, 1.165) is 24.7 Å². The van der Waals surface area contributed by atoms with Gasteiger partial charge in [0.05, 0.1) is 0 Å². The van der Waals surface area contributed by atoms with Crippen molar-refractivity contribution in [3.8, 4) is 0 Å². The molecule has 90 valence electrons. The normalized spacial score (nSPS) is 10.2. The smallest absolute Gasteiger partial charge is 0.133 e. The molecule has 0 atom stereocenters. The Morgan fingerprint density at radius 1 is 1.24 bits per heavy atom. The van der Waals surface area contributed by atoms with Crippen LogP contribution in [0.25, 0.3) is 0 Å². The zero-order valence-electron chi connectivity index (χ0n) is 10.2. The fourth-order valence-electron chi connectivity index (χ4n) is 1.52. The first-order valence-corrected chi connectivity index (χ1v) is 5.60. The minimum Gasteiger partial charge on any atom is -0.368 e. The van der Waals surface area contributed by atoms with Crippen LogP contribution in [0, 0.1) is 0 Å². The molecule has 0 amide bonds. The quantitative estimate of drug-likeness (QED) is 0.846. The molecule has 5 nitrogen and oxygen atoms in total. The van der Waals surface area contributed by atoms with Gasteiger partial charge in [-0.25, -0.2) is 9.97 Å². The fourth-order valence-corrected chi connectivity index (χ4v) is 1.52. The van der Waals surface area contributed by atoms with Crippen LogP contribution in [0.1, 0.15) is 0 Å². The van der Waals surface area contributed by atoms with E-state index in [1.807, 2.05) is 49.6 Å². The van der Waals surface area contributed by atoms with Crippen LogP contribution < -0.4 is 10.2 Å². The Morgan fingerprint density at radius 3 is 2.71 bits per heavy atom. The third-order valence-electron chi connectivity index (χ3n) is 2.45. The lowest BCUT2D eigenvalue weighted by Gasteiger charge is -2.12. The van der Waals surface area contributed by atoms with Gasteiger partial charge in [0.25, 0.3) is 0 Å². The SMILES string of the molecule is CN(C)c1cc(NCCn2cccc2)ncn1. The van der Waals surface area contributed by atoms with Crippen LogP contribution in [0.5, 0.6) is 0 Å². The zero-order valence-corrected chi connectivity index (χ0v) is 10.2. The van der Waals surface area contributed by atoms with Crippen LogP contribution in [0.4, 0.5) is 11.6 Å². The maximum absolute atomic E-state index is 4.18. The Kier molecular flexibility index (Phi) is 3.59. The van der Waals surface area contributed by atoms with Crippen molar-refractivity contribution in [1.82, 2.24) is 14.5 Å². The fraction of sp³-hybridized carbons (Fsp3) is 0.333. The second kappa shape index (κ2) is 5.34. The van der Waals surface area contributed by atoms with Gasteiger partial charge in [0.2, 0.25) is 0 Å². The minimum atomic E-state index is 0.846. The van der Waals surface area contributed by atoms with E-state index in [-0.39, 0.29) is 0 Å². The summed E-state index contributed by atoms with van der Waals surface area (Å²) in [4.78, 5) is 10.3. The molecule has 2 aromatic heterocycles. The maximum Gasteiger partial charge on any atom is 0.133 e. The highest BCUT2D eigenvalue weighted by molar-refractivity contribution is 5.47. The van der Waals surface area contributed by atoms with Crippen LogP contribution in [0.2, 0.25) is 0 Å². The van der Waals surface area contributed by atoms with Crippen molar-refractivity contribution in [2.24, 2.45) is 0 Å². The van der Waals surface area contributed by atoms with Crippen LogP contribution in [-0.4, -0.2) is 35.2 Å². The van der Waals surface area contributed by atoms with Crippen molar-refractivity contribution in [2.45, 2.75) is 6.54 Å². The molecule has 0 spiro atoms. The summed E-state index contributed by atoms with van der Waals surface area (Å²) >= 11 is 0. The molecule has 0 aliphatic rings. The van der Waals surface area contributed by atoms with Crippen LogP contribution in [0.15, 0.2) is 36.9 Å². The molecule has 0 fully saturated rings. The number of rotatable bonds is 5. The van der Waals surface area contributed by atoms with Gasteiger partial charge in [-0.3, -0.25) is 0 Å². The minimum absolute atomic E-state index is 0.846. The van der Waals surface area contributed by atoms with Crippen molar-refractivity contribution in [2.75, 3.05) is 30.9 Å². The first kappa shape index (κ1) is 11.4. The third-order valence-corrected chi connectivity index (χ3v) is 2.45. The molecule has 0 unspecified atom stereocenters. The van der Waals surface area contributed by atoms with Crippen LogP contribution >= 0.6 is 0 Å². The zero-order chi connectivity index (χ0) is 12.1. The molecule has 0 saturated carbocycles. The number of nitrogens with one attached hydrogen (secondary N) is 1. The molecule has 1 N–H and O–H groups in total. The molecule has 2 rings (SSSR count). The number of aromatic nitrogens is 3. The van der Waals surface area contributed by atoms with Gasteiger partial charge in [0.1, 0.15) is 18.0 Å². The Hall–Kier alpha value is -2.04. The lowest BCUT2D eigenvalue weighted by molar-refractivity contribution is 0.731.